The molecule has 3 unspecified atom stereocenters. The maximum absolute atomic E-state index is 12.4. The van der Waals surface area contributed by atoms with Crippen LogP contribution in [0.15, 0.2) is 0 Å². The second-order valence-electron chi connectivity index (χ2n) is 7.70. The number of carbonyl (C=O) groups excluding carboxylic acids is 1. The van der Waals surface area contributed by atoms with Crippen molar-refractivity contribution in [1.82, 2.24) is 9.80 Å². The first-order valence-electron chi connectivity index (χ1n) is 9.40. The molecule has 1 aliphatic carbocycles. The van der Waals surface area contributed by atoms with Gasteiger partial charge in [-0.05, 0) is 39.2 Å². The lowest BCUT2D eigenvalue weighted by Crippen LogP contribution is -2.49. The lowest BCUT2D eigenvalue weighted by molar-refractivity contribution is -0.135. The van der Waals surface area contributed by atoms with Crippen LogP contribution in [0.3, 0.4) is 0 Å². The van der Waals surface area contributed by atoms with E-state index < -0.39 is 5.60 Å². The molecule has 2 heterocycles. The average Bonchev–Trinajstić information content (AvgIpc) is 3.01. The number of aliphatic hydroxyl groups is 1. The van der Waals surface area contributed by atoms with E-state index in [1.54, 1.807) is 0 Å². The number of carbonyl (C=O) groups is 1. The van der Waals surface area contributed by atoms with Crippen LogP contribution in [0.5, 0.6) is 0 Å². The van der Waals surface area contributed by atoms with Crippen LogP contribution in [0, 0.1) is 5.92 Å². The molecule has 2 saturated heterocycles. The maximum atomic E-state index is 12.4. The van der Waals surface area contributed by atoms with Crippen molar-refractivity contribution in [3.8, 4) is 0 Å². The molecule has 23 heavy (non-hydrogen) atoms. The molecule has 5 nitrogen and oxygen atoms in total. The first kappa shape index (κ1) is 17.2. The number of nitrogens with zero attached hydrogens (tertiary/aromatic N) is 2. The van der Waals surface area contributed by atoms with Gasteiger partial charge in [0.25, 0.3) is 0 Å². The number of rotatable bonds is 4. The van der Waals surface area contributed by atoms with Gasteiger partial charge in [0.2, 0.25) is 5.91 Å². The zero-order valence-corrected chi connectivity index (χ0v) is 14.5. The van der Waals surface area contributed by atoms with Crippen LogP contribution in [0.25, 0.3) is 0 Å². The predicted octanol–water partition coefficient (Wildman–Crippen LogP) is 1.64. The number of ether oxygens (including phenoxy) is 1. The summed E-state index contributed by atoms with van der Waals surface area (Å²) < 4.78 is 5.32. The van der Waals surface area contributed by atoms with Gasteiger partial charge in [-0.3, -0.25) is 9.69 Å². The molecule has 3 aliphatic rings. The topological polar surface area (TPSA) is 53.0 Å². The van der Waals surface area contributed by atoms with Crippen molar-refractivity contribution in [3.05, 3.63) is 0 Å². The smallest absolute Gasteiger partial charge is 0.224 e. The second-order valence-corrected chi connectivity index (χ2v) is 7.70. The molecule has 3 rings (SSSR count). The number of hydrogen-bond acceptors (Lipinski definition) is 4. The molecule has 0 aromatic carbocycles. The fraction of sp³-hybridized carbons (Fsp3) is 0.944. The van der Waals surface area contributed by atoms with Gasteiger partial charge < -0.3 is 14.7 Å². The van der Waals surface area contributed by atoms with Gasteiger partial charge in [0.15, 0.2) is 0 Å². The van der Waals surface area contributed by atoms with Gasteiger partial charge in [-0.1, -0.05) is 12.8 Å². The number of likely N-dealkylation sites (tertiary alicyclic amines) is 1. The summed E-state index contributed by atoms with van der Waals surface area (Å²) in [7, 11) is 0. The zero-order valence-electron chi connectivity index (χ0n) is 14.5. The molecule has 1 amide bonds. The van der Waals surface area contributed by atoms with Gasteiger partial charge >= 0.3 is 0 Å². The van der Waals surface area contributed by atoms with Crippen LogP contribution in [0.2, 0.25) is 0 Å². The molecule has 0 aromatic rings. The molecular weight excluding hydrogens is 292 g/mol. The summed E-state index contributed by atoms with van der Waals surface area (Å²) in [5, 5.41) is 10.8. The molecule has 0 aromatic heterocycles. The SMILES string of the molecule is CC1(O)CCCCC1C1CCCN1CCC(=O)N1CCOCC1. The van der Waals surface area contributed by atoms with Crippen LogP contribution in [-0.2, 0) is 9.53 Å². The van der Waals surface area contributed by atoms with Crippen molar-refractivity contribution in [2.75, 3.05) is 39.4 Å². The minimum absolute atomic E-state index is 0.259. The van der Waals surface area contributed by atoms with E-state index in [9.17, 15) is 9.90 Å². The van der Waals surface area contributed by atoms with E-state index in [1.807, 2.05) is 11.8 Å². The van der Waals surface area contributed by atoms with Gasteiger partial charge in [0, 0.05) is 38.0 Å². The summed E-state index contributed by atoms with van der Waals surface area (Å²) in [6.07, 6.45) is 7.41. The largest absolute Gasteiger partial charge is 0.390 e. The Bertz CT molecular complexity index is 407. The van der Waals surface area contributed by atoms with E-state index in [1.165, 1.54) is 19.3 Å². The summed E-state index contributed by atoms with van der Waals surface area (Å²) in [4.78, 5) is 16.8. The Balaban J connectivity index is 1.53. The Labute approximate surface area is 140 Å². The summed E-state index contributed by atoms with van der Waals surface area (Å²) in [6.45, 7) is 6.75. The summed E-state index contributed by atoms with van der Waals surface area (Å²) >= 11 is 0. The van der Waals surface area contributed by atoms with Crippen LogP contribution >= 0.6 is 0 Å². The third-order valence-corrected chi connectivity index (χ3v) is 6.10. The first-order chi connectivity index (χ1) is 11.1. The van der Waals surface area contributed by atoms with Crippen molar-refractivity contribution in [3.63, 3.8) is 0 Å². The Morgan fingerprint density at radius 1 is 1.17 bits per heavy atom. The highest BCUT2D eigenvalue weighted by molar-refractivity contribution is 5.76. The Hall–Kier alpha value is -0.650. The Morgan fingerprint density at radius 2 is 1.96 bits per heavy atom. The molecule has 1 saturated carbocycles. The van der Waals surface area contributed by atoms with Crippen molar-refractivity contribution >= 4 is 5.91 Å². The average molecular weight is 324 g/mol. The van der Waals surface area contributed by atoms with Gasteiger partial charge in [0.05, 0.1) is 18.8 Å². The molecule has 0 bridgehead atoms. The first-order valence-corrected chi connectivity index (χ1v) is 9.40. The molecule has 3 fully saturated rings. The molecule has 132 valence electrons. The summed E-state index contributed by atoms with van der Waals surface area (Å²) in [5.74, 6) is 0.631. The minimum Gasteiger partial charge on any atom is -0.390 e. The van der Waals surface area contributed by atoms with Crippen LogP contribution in [-0.4, -0.2) is 71.8 Å². The highest BCUT2D eigenvalue weighted by atomic mass is 16.5. The lowest BCUT2D eigenvalue weighted by atomic mass is 9.72. The zero-order chi connectivity index (χ0) is 16.3. The molecule has 3 atom stereocenters. The lowest BCUT2D eigenvalue weighted by Gasteiger charge is -2.43. The van der Waals surface area contributed by atoms with E-state index >= 15 is 0 Å². The third kappa shape index (κ3) is 4.06. The quantitative estimate of drug-likeness (QED) is 0.854. The van der Waals surface area contributed by atoms with Crippen LogP contribution < -0.4 is 0 Å². The Morgan fingerprint density at radius 3 is 2.70 bits per heavy atom. The van der Waals surface area contributed by atoms with E-state index in [0.717, 1.165) is 45.4 Å². The molecule has 0 spiro atoms. The van der Waals surface area contributed by atoms with E-state index in [2.05, 4.69) is 4.90 Å². The molecule has 2 aliphatic heterocycles. The maximum Gasteiger partial charge on any atom is 0.224 e. The minimum atomic E-state index is -0.528. The van der Waals surface area contributed by atoms with E-state index in [4.69, 9.17) is 4.74 Å². The summed E-state index contributed by atoms with van der Waals surface area (Å²) in [5.41, 5.74) is -0.528. The van der Waals surface area contributed by atoms with Crippen LogP contribution in [0.1, 0.15) is 51.9 Å². The molecule has 0 radical (unpaired) electrons. The number of amides is 1. The monoisotopic (exact) mass is 324 g/mol. The van der Waals surface area contributed by atoms with Gasteiger partial charge in [-0.2, -0.15) is 0 Å². The fourth-order valence-corrected chi connectivity index (χ4v) is 4.75. The molecular formula is C18H32N2O3. The van der Waals surface area contributed by atoms with Crippen LogP contribution in [0.4, 0.5) is 0 Å². The Kier molecular flexibility index (Phi) is 5.60. The second kappa shape index (κ2) is 7.49. The van der Waals surface area contributed by atoms with Gasteiger partial charge in [-0.25, -0.2) is 0 Å². The molecule has 5 heteroatoms. The van der Waals surface area contributed by atoms with Gasteiger partial charge in [0.1, 0.15) is 0 Å². The standard InChI is InChI=1S/C18H32N2O3/c1-18(22)8-3-2-5-15(18)16-6-4-9-19(16)10-7-17(21)20-11-13-23-14-12-20/h15-16,22H,2-14H2,1H3. The number of hydrogen-bond donors (Lipinski definition) is 1. The van der Waals surface area contributed by atoms with E-state index in [-0.39, 0.29) is 5.91 Å². The predicted molar refractivity (Wildman–Crippen MR) is 89.2 cm³/mol. The van der Waals surface area contributed by atoms with Gasteiger partial charge in [-0.15, -0.1) is 0 Å². The van der Waals surface area contributed by atoms with Crippen molar-refractivity contribution in [1.29, 1.82) is 0 Å². The summed E-state index contributed by atoms with van der Waals surface area (Å²) in [6, 6.07) is 0.461. The number of morpholine rings is 1. The normalized spacial score (nSPS) is 36.3. The van der Waals surface area contributed by atoms with Crippen molar-refractivity contribution in [2.24, 2.45) is 5.92 Å². The third-order valence-electron chi connectivity index (χ3n) is 6.10. The highest BCUT2D eigenvalue weighted by Gasteiger charge is 2.43. The highest BCUT2D eigenvalue weighted by Crippen LogP contribution is 2.40. The van der Waals surface area contributed by atoms with Crippen molar-refractivity contribution < 1.29 is 14.6 Å². The molecule has 1 N–H and O–H groups in total. The fourth-order valence-electron chi connectivity index (χ4n) is 4.75. The van der Waals surface area contributed by atoms with Crippen molar-refractivity contribution in [2.45, 2.75) is 63.5 Å². The van der Waals surface area contributed by atoms with E-state index in [0.29, 0.717) is 31.6 Å².